The Balaban J connectivity index is 2.39. The fourth-order valence-electron chi connectivity index (χ4n) is 3.70. The predicted octanol–water partition coefficient (Wildman–Crippen LogP) is 3.56. The summed E-state index contributed by atoms with van der Waals surface area (Å²) in [4.78, 5) is 8.46. The average molecular weight is 459 g/mol. The summed E-state index contributed by atoms with van der Waals surface area (Å²) < 4.78 is 20.3. The number of aliphatic imine (C=N–C) groups is 1. The van der Waals surface area contributed by atoms with Gasteiger partial charge in [-0.2, -0.15) is 0 Å². The summed E-state index contributed by atoms with van der Waals surface area (Å²) in [7, 11) is 1.65. The van der Waals surface area contributed by atoms with Crippen molar-refractivity contribution in [1.29, 1.82) is 0 Å². The molecule has 0 fully saturated rings. The van der Waals surface area contributed by atoms with Crippen molar-refractivity contribution in [2.24, 2.45) is 16.5 Å². The number of ether oxygens (including phenoxy) is 1. The largest absolute Gasteiger partial charge is 0.482 e. The van der Waals surface area contributed by atoms with Crippen LogP contribution in [0.1, 0.15) is 43.1 Å². The highest BCUT2D eigenvalue weighted by Gasteiger charge is 2.23. The molecule has 0 saturated carbocycles. The fraction of sp³-hybridized carbons (Fsp3) is 0.304. The van der Waals surface area contributed by atoms with Crippen molar-refractivity contribution in [2.75, 3.05) is 19.3 Å². The smallest absolute Gasteiger partial charge is 0.166 e. The number of hydrogen-bond donors (Lipinski definition) is 4. The Hall–Kier alpha value is -3.10. The van der Waals surface area contributed by atoms with Crippen molar-refractivity contribution in [3.63, 3.8) is 0 Å². The first-order valence-corrected chi connectivity index (χ1v) is 10.7. The standard InChI is InChI=1S/C23H28ClFN6O/c1-4-30-21-14-8-19(23(28)31-11-14)32-12(2)17-9-15(25)5-6-16(17)20(26)13(10-29-3)7-18(21)22(24)27/h5-6,8-12,22,30H,4,7,26-27H2,1-3H3,(H2,28,31)/b20-13?,21-18-,29-10?/t12-,22?/m1/s1. The number of alkyl halides is 1. The molecule has 0 aliphatic carbocycles. The normalized spacial score (nSPS) is 20.2. The van der Waals surface area contributed by atoms with Crippen molar-refractivity contribution in [3.05, 3.63) is 64.1 Å². The third-order valence-corrected chi connectivity index (χ3v) is 5.50. The number of rotatable bonds is 4. The van der Waals surface area contributed by atoms with E-state index in [0.29, 0.717) is 52.2 Å². The number of fused-ring (bicyclic) bond motifs is 3. The zero-order valence-electron chi connectivity index (χ0n) is 18.3. The summed E-state index contributed by atoms with van der Waals surface area (Å²) in [6.07, 6.45) is 3.06. The lowest BCUT2D eigenvalue weighted by atomic mass is 9.93. The zero-order valence-corrected chi connectivity index (χ0v) is 19.1. The van der Waals surface area contributed by atoms with Gasteiger partial charge in [-0.05, 0) is 49.3 Å². The first-order valence-electron chi connectivity index (χ1n) is 10.3. The Bertz CT molecular complexity index is 1100. The number of allylic oxidation sites excluding steroid dienone is 1. The van der Waals surface area contributed by atoms with Gasteiger partial charge in [-0.15, -0.1) is 11.6 Å². The maximum atomic E-state index is 14.2. The first kappa shape index (κ1) is 23.6. The van der Waals surface area contributed by atoms with Gasteiger partial charge in [0, 0.05) is 60.5 Å². The number of nitrogen functional groups attached to an aromatic ring is 1. The van der Waals surface area contributed by atoms with Crippen LogP contribution < -0.4 is 27.3 Å². The SMILES string of the molecule is CCN/C1=C(\C(N)Cl)CC(C=NC)=C(N)c2ccc(F)cc2[C@@H](C)Oc2cc1cnc2N. The van der Waals surface area contributed by atoms with Gasteiger partial charge in [-0.3, -0.25) is 4.99 Å². The number of halogens is 2. The summed E-state index contributed by atoms with van der Waals surface area (Å²) in [6, 6.07) is 6.16. The molecule has 1 aliphatic rings. The average Bonchev–Trinajstić information content (AvgIpc) is 2.75. The van der Waals surface area contributed by atoms with E-state index in [1.165, 1.54) is 12.1 Å². The molecule has 1 aromatic heterocycles. The van der Waals surface area contributed by atoms with Crippen LogP contribution in [0.5, 0.6) is 5.75 Å². The number of benzene rings is 1. The van der Waals surface area contributed by atoms with Crippen molar-refractivity contribution < 1.29 is 9.13 Å². The van der Waals surface area contributed by atoms with E-state index < -0.39 is 17.4 Å². The molecule has 0 spiro atoms. The molecule has 0 amide bonds. The maximum Gasteiger partial charge on any atom is 0.166 e. The number of pyridine rings is 1. The van der Waals surface area contributed by atoms with E-state index in [1.54, 1.807) is 38.5 Å². The van der Waals surface area contributed by atoms with Crippen LogP contribution in [0.25, 0.3) is 11.4 Å². The number of nitrogens with zero attached hydrogens (tertiary/aromatic N) is 2. The number of hydrogen-bond acceptors (Lipinski definition) is 7. The number of anilines is 1. The van der Waals surface area contributed by atoms with Crippen LogP contribution in [-0.2, 0) is 0 Å². The van der Waals surface area contributed by atoms with Crippen molar-refractivity contribution in [2.45, 2.75) is 31.9 Å². The summed E-state index contributed by atoms with van der Waals surface area (Å²) in [5, 5.41) is 3.33. The third-order valence-electron chi connectivity index (χ3n) is 5.24. The minimum absolute atomic E-state index is 0.213. The predicted molar refractivity (Wildman–Crippen MR) is 129 cm³/mol. The second-order valence-electron chi connectivity index (χ2n) is 7.43. The molecule has 0 saturated heterocycles. The Labute approximate surface area is 192 Å². The number of aromatic nitrogens is 1. The fourth-order valence-corrected chi connectivity index (χ4v) is 3.89. The summed E-state index contributed by atoms with van der Waals surface area (Å²) in [5.74, 6) is 0.175. The van der Waals surface area contributed by atoms with Crippen molar-refractivity contribution in [1.82, 2.24) is 10.3 Å². The molecule has 170 valence electrons. The van der Waals surface area contributed by atoms with E-state index in [1.807, 2.05) is 6.92 Å². The molecule has 1 aliphatic heterocycles. The van der Waals surface area contributed by atoms with Gasteiger partial charge in [-0.25, -0.2) is 9.37 Å². The van der Waals surface area contributed by atoms with Gasteiger partial charge in [0.05, 0.1) is 0 Å². The van der Waals surface area contributed by atoms with Crippen molar-refractivity contribution in [3.8, 4) is 5.75 Å². The molecule has 3 rings (SSSR count). The van der Waals surface area contributed by atoms with E-state index in [-0.39, 0.29) is 5.82 Å². The van der Waals surface area contributed by atoms with Gasteiger partial charge in [0.25, 0.3) is 0 Å². The van der Waals surface area contributed by atoms with Gasteiger partial charge >= 0.3 is 0 Å². The molecule has 1 aromatic carbocycles. The van der Waals surface area contributed by atoms with Crippen LogP contribution in [0.2, 0.25) is 0 Å². The highest BCUT2D eigenvalue weighted by molar-refractivity contribution is 6.22. The Kier molecular flexibility index (Phi) is 7.37. The first-order chi connectivity index (χ1) is 15.3. The second kappa shape index (κ2) is 10.0. The molecular formula is C23H28ClFN6O. The number of nitrogens with one attached hydrogen (secondary N) is 1. The monoisotopic (exact) mass is 458 g/mol. The number of nitrogens with two attached hydrogens (primary N) is 3. The Morgan fingerprint density at radius 3 is 2.78 bits per heavy atom. The minimum Gasteiger partial charge on any atom is -0.482 e. The van der Waals surface area contributed by atoms with Crippen LogP contribution >= 0.6 is 11.6 Å². The molecule has 9 heteroatoms. The molecule has 1 unspecified atom stereocenters. The lowest BCUT2D eigenvalue weighted by molar-refractivity contribution is 0.226. The quantitative estimate of drug-likeness (QED) is 0.315. The Morgan fingerprint density at radius 2 is 2.12 bits per heavy atom. The van der Waals surface area contributed by atoms with Crippen LogP contribution in [0.4, 0.5) is 10.2 Å². The zero-order chi connectivity index (χ0) is 23.4. The van der Waals surface area contributed by atoms with Crippen LogP contribution in [0.15, 0.2) is 46.6 Å². The van der Waals surface area contributed by atoms with E-state index in [9.17, 15) is 4.39 Å². The van der Waals surface area contributed by atoms with Crippen LogP contribution in [-0.4, -0.2) is 30.3 Å². The van der Waals surface area contributed by atoms with Gasteiger partial charge in [0.15, 0.2) is 11.6 Å². The topological polar surface area (TPSA) is 125 Å². The highest BCUT2D eigenvalue weighted by atomic mass is 35.5. The molecule has 2 heterocycles. The van der Waals surface area contributed by atoms with Crippen LogP contribution in [0, 0.1) is 5.82 Å². The molecule has 2 bridgehead atoms. The van der Waals surface area contributed by atoms with E-state index in [0.717, 1.165) is 5.70 Å². The Morgan fingerprint density at radius 1 is 1.38 bits per heavy atom. The molecule has 2 aromatic rings. The second-order valence-corrected chi connectivity index (χ2v) is 7.90. The summed E-state index contributed by atoms with van der Waals surface area (Å²) in [6.45, 7) is 4.39. The van der Waals surface area contributed by atoms with E-state index in [2.05, 4.69) is 15.3 Å². The van der Waals surface area contributed by atoms with Gasteiger partial charge in [-0.1, -0.05) is 0 Å². The molecule has 7 nitrogen and oxygen atoms in total. The molecule has 7 N–H and O–H groups in total. The van der Waals surface area contributed by atoms with E-state index in [4.69, 9.17) is 33.5 Å². The minimum atomic E-state index is -0.812. The van der Waals surface area contributed by atoms with Gasteiger partial charge < -0.3 is 27.3 Å². The third kappa shape index (κ3) is 4.87. The lowest BCUT2D eigenvalue weighted by Gasteiger charge is -2.24. The molecule has 2 atom stereocenters. The summed E-state index contributed by atoms with van der Waals surface area (Å²) >= 11 is 6.43. The highest BCUT2D eigenvalue weighted by Crippen LogP contribution is 2.35. The summed E-state index contributed by atoms with van der Waals surface area (Å²) in [5.41, 5.74) is 22.5. The maximum absolute atomic E-state index is 14.2. The lowest BCUT2D eigenvalue weighted by Crippen LogP contribution is -2.24. The molecular weight excluding hydrogens is 431 g/mol. The molecule has 32 heavy (non-hydrogen) atoms. The van der Waals surface area contributed by atoms with Gasteiger partial charge in [0.2, 0.25) is 0 Å². The van der Waals surface area contributed by atoms with Crippen molar-refractivity contribution >= 4 is 35.0 Å². The van der Waals surface area contributed by atoms with Gasteiger partial charge in [0.1, 0.15) is 17.4 Å². The van der Waals surface area contributed by atoms with E-state index >= 15 is 0 Å². The molecule has 0 radical (unpaired) electrons. The van der Waals surface area contributed by atoms with Crippen LogP contribution in [0.3, 0.4) is 0 Å².